The van der Waals surface area contributed by atoms with Gasteiger partial charge in [0, 0.05) is 10.6 Å². The summed E-state index contributed by atoms with van der Waals surface area (Å²) in [5.41, 5.74) is -1.03. The lowest BCUT2D eigenvalue weighted by Crippen LogP contribution is -2.52. The molecular formula is C13H15ClN2O4. The van der Waals surface area contributed by atoms with E-state index in [1.807, 2.05) is 0 Å². The summed E-state index contributed by atoms with van der Waals surface area (Å²) in [5.74, 6) is -2.18. The number of nitrogens with one attached hydrogen (secondary N) is 2. The smallest absolute Gasteiger partial charge is 0.328 e. The third-order valence-corrected chi connectivity index (χ3v) is 2.75. The second-order valence-corrected chi connectivity index (χ2v) is 5.10. The quantitative estimate of drug-likeness (QED) is 0.757. The molecule has 108 valence electrons. The first-order chi connectivity index (χ1) is 9.22. The van der Waals surface area contributed by atoms with E-state index in [-0.39, 0.29) is 6.54 Å². The zero-order valence-electron chi connectivity index (χ0n) is 11.1. The van der Waals surface area contributed by atoms with Crippen molar-refractivity contribution < 1.29 is 19.5 Å². The van der Waals surface area contributed by atoms with E-state index in [0.29, 0.717) is 10.6 Å². The van der Waals surface area contributed by atoms with E-state index in [2.05, 4.69) is 10.6 Å². The highest BCUT2D eigenvalue weighted by molar-refractivity contribution is 6.30. The molecular weight excluding hydrogens is 284 g/mol. The van der Waals surface area contributed by atoms with Crippen LogP contribution in [0.2, 0.25) is 5.02 Å². The van der Waals surface area contributed by atoms with Crippen molar-refractivity contribution in [3.63, 3.8) is 0 Å². The van der Waals surface area contributed by atoms with E-state index in [4.69, 9.17) is 16.7 Å². The largest absolute Gasteiger partial charge is 0.480 e. The van der Waals surface area contributed by atoms with Crippen LogP contribution in [-0.2, 0) is 9.59 Å². The fourth-order valence-electron chi connectivity index (χ4n) is 1.31. The predicted molar refractivity (Wildman–Crippen MR) is 73.6 cm³/mol. The van der Waals surface area contributed by atoms with Gasteiger partial charge in [-0.3, -0.25) is 9.59 Å². The highest BCUT2D eigenvalue weighted by Crippen LogP contribution is 2.09. The molecule has 0 aromatic heterocycles. The van der Waals surface area contributed by atoms with Gasteiger partial charge in [0.15, 0.2) is 0 Å². The van der Waals surface area contributed by atoms with Gasteiger partial charge in [0.1, 0.15) is 5.54 Å². The molecule has 0 aliphatic rings. The summed E-state index contributed by atoms with van der Waals surface area (Å²) in [6, 6.07) is 6.17. The zero-order valence-corrected chi connectivity index (χ0v) is 11.8. The molecule has 2 amide bonds. The SMILES string of the molecule is CC(C)(NC(=O)CNC(=O)c1ccc(Cl)cc1)C(=O)O. The number of aliphatic carboxylic acids is 1. The maximum absolute atomic E-state index is 11.7. The molecule has 0 unspecified atom stereocenters. The molecule has 0 atom stereocenters. The van der Waals surface area contributed by atoms with Crippen molar-refractivity contribution in [1.29, 1.82) is 0 Å². The lowest BCUT2D eigenvalue weighted by atomic mass is 10.1. The van der Waals surface area contributed by atoms with Gasteiger partial charge in [-0.2, -0.15) is 0 Å². The molecule has 0 aliphatic carbocycles. The van der Waals surface area contributed by atoms with Gasteiger partial charge in [0.25, 0.3) is 5.91 Å². The third kappa shape index (κ3) is 4.55. The van der Waals surface area contributed by atoms with Crippen LogP contribution in [-0.4, -0.2) is 35.0 Å². The summed E-state index contributed by atoms with van der Waals surface area (Å²) in [6.07, 6.45) is 0. The summed E-state index contributed by atoms with van der Waals surface area (Å²) in [5, 5.41) is 14.0. The molecule has 3 N–H and O–H groups in total. The molecule has 0 aliphatic heterocycles. The molecule has 1 rings (SSSR count). The number of halogens is 1. The Kier molecular flexibility index (Phi) is 5.10. The highest BCUT2D eigenvalue weighted by atomic mass is 35.5. The number of rotatable bonds is 5. The number of hydrogen-bond donors (Lipinski definition) is 3. The van der Waals surface area contributed by atoms with Gasteiger partial charge < -0.3 is 15.7 Å². The number of benzene rings is 1. The second-order valence-electron chi connectivity index (χ2n) is 4.67. The predicted octanol–water partition coefficient (Wildman–Crippen LogP) is 1.05. The first-order valence-electron chi connectivity index (χ1n) is 5.80. The fourth-order valence-corrected chi connectivity index (χ4v) is 1.44. The van der Waals surface area contributed by atoms with Gasteiger partial charge in [-0.25, -0.2) is 4.79 Å². The van der Waals surface area contributed by atoms with Crippen molar-refractivity contribution in [2.45, 2.75) is 19.4 Å². The summed E-state index contributed by atoms with van der Waals surface area (Å²) in [7, 11) is 0. The van der Waals surface area contributed by atoms with Crippen molar-refractivity contribution in [3.8, 4) is 0 Å². The number of carbonyl (C=O) groups excluding carboxylic acids is 2. The first kappa shape index (κ1) is 16.0. The highest BCUT2D eigenvalue weighted by Gasteiger charge is 2.28. The zero-order chi connectivity index (χ0) is 15.3. The Balaban J connectivity index is 2.51. The maximum atomic E-state index is 11.7. The van der Waals surface area contributed by atoms with Crippen LogP contribution in [0.4, 0.5) is 0 Å². The normalized spacial score (nSPS) is 10.8. The lowest BCUT2D eigenvalue weighted by Gasteiger charge is -2.21. The van der Waals surface area contributed by atoms with Crippen molar-refractivity contribution in [1.82, 2.24) is 10.6 Å². The van der Waals surface area contributed by atoms with Crippen LogP contribution in [0.5, 0.6) is 0 Å². The second kappa shape index (κ2) is 6.38. The van der Waals surface area contributed by atoms with Gasteiger partial charge in [0.2, 0.25) is 5.91 Å². The monoisotopic (exact) mass is 298 g/mol. The van der Waals surface area contributed by atoms with E-state index < -0.39 is 23.3 Å². The molecule has 0 heterocycles. The van der Waals surface area contributed by atoms with Gasteiger partial charge >= 0.3 is 5.97 Å². The topological polar surface area (TPSA) is 95.5 Å². The summed E-state index contributed by atoms with van der Waals surface area (Å²) < 4.78 is 0. The van der Waals surface area contributed by atoms with Gasteiger partial charge in [-0.1, -0.05) is 11.6 Å². The van der Waals surface area contributed by atoms with Crippen LogP contribution >= 0.6 is 11.6 Å². The molecule has 0 radical (unpaired) electrons. The standard InChI is InChI=1S/C13H15ClN2O4/c1-13(2,12(19)20)16-10(17)7-15-11(18)8-3-5-9(14)6-4-8/h3-6H,7H2,1-2H3,(H,15,18)(H,16,17)(H,19,20). The van der Waals surface area contributed by atoms with Crippen LogP contribution in [0.25, 0.3) is 0 Å². The molecule has 0 saturated heterocycles. The summed E-state index contributed by atoms with van der Waals surface area (Å²) in [4.78, 5) is 34.1. The average molecular weight is 299 g/mol. The van der Waals surface area contributed by atoms with Gasteiger partial charge in [0.05, 0.1) is 6.54 Å². The molecule has 20 heavy (non-hydrogen) atoms. The average Bonchev–Trinajstić information content (AvgIpc) is 2.36. The molecule has 0 saturated carbocycles. The van der Waals surface area contributed by atoms with Crippen LogP contribution < -0.4 is 10.6 Å². The molecule has 7 heteroatoms. The summed E-state index contributed by atoms with van der Waals surface area (Å²) >= 11 is 5.69. The summed E-state index contributed by atoms with van der Waals surface area (Å²) in [6.45, 7) is 2.40. The molecule has 0 spiro atoms. The Morgan fingerprint density at radius 1 is 1.20 bits per heavy atom. The van der Waals surface area contributed by atoms with Crippen molar-refractivity contribution >= 4 is 29.4 Å². The minimum atomic E-state index is -1.39. The van der Waals surface area contributed by atoms with E-state index in [1.54, 1.807) is 12.1 Å². The molecule has 0 fully saturated rings. The van der Waals surface area contributed by atoms with E-state index in [1.165, 1.54) is 26.0 Å². The van der Waals surface area contributed by atoms with Crippen LogP contribution in [0.3, 0.4) is 0 Å². The Labute approximate surface area is 121 Å². The van der Waals surface area contributed by atoms with E-state index >= 15 is 0 Å². The first-order valence-corrected chi connectivity index (χ1v) is 6.18. The van der Waals surface area contributed by atoms with Crippen LogP contribution in [0, 0.1) is 0 Å². The fraction of sp³-hybridized carbons (Fsp3) is 0.308. The Morgan fingerprint density at radius 2 is 1.75 bits per heavy atom. The third-order valence-electron chi connectivity index (χ3n) is 2.50. The van der Waals surface area contributed by atoms with Gasteiger partial charge in [-0.05, 0) is 38.1 Å². The van der Waals surface area contributed by atoms with Crippen molar-refractivity contribution in [3.05, 3.63) is 34.9 Å². The van der Waals surface area contributed by atoms with Crippen molar-refractivity contribution in [2.75, 3.05) is 6.54 Å². The Hall–Kier alpha value is -2.08. The van der Waals surface area contributed by atoms with Gasteiger partial charge in [-0.15, -0.1) is 0 Å². The van der Waals surface area contributed by atoms with E-state index in [0.717, 1.165) is 0 Å². The van der Waals surface area contributed by atoms with E-state index in [9.17, 15) is 14.4 Å². The molecule has 0 bridgehead atoms. The number of carboxylic acid groups (broad SMARTS) is 1. The number of hydrogen-bond acceptors (Lipinski definition) is 3. The Bertz CT molecular complexity index is 526. The number of carboxylic acids is 1. The molecule has 1 aromatic carbocycles. The maximum Gasteiger partial charge on any atom is 0.328 e. The molecule has 1 aromatic rings. The van der Waals surface area contributed by atoms with Crippen LogP contribution in [0.15, 0.2) is 24.3 Å². The minimum Gasteiger partial charge on any atom is -0.480 e. The Morgan fingerprint density at radius 3 is 2.25 bits per heavy atom. The number of carbonyl (C=O) groups is 3. The van der Waals surface area contributed by atoms with Crippen LogP contribution in [0.1, 0.15) is 24.2 Å². The number of amides is 2. The lowest BCUT2D eigenvalue weighted by molar-refractivity contribution is -0.145. The van der Waals surface area contributed by atoms with Crippen molar-refractivity contribution in [2.24, 2.45) is 0 Å². The minimum absolute atomic E-state index is 0.307. The molecule has 6 nitrogen and oxygen atoms in total.